The summed E-state index contributed by atoms with van der Waals surface area (Å²) in [6.45, 7) is 0.270. The minimum Gasteiger partial charge on any atom is -0.388 e. The van der Waals surface area contributed by atoms with Gasteiger partial charge in [-0.1, -0.05) is 67.4 Å². The van der Waals surface area contributed by atoms with Gasteiger partial charge in [0.15, 0.2) is 11.0 Å². The largest absolute Gasteiger partial charge is 0.416 e. The number of nitrogens with zero attached hydrogens (tertiary/aromatic N) is 3. The molecule has 176 valence electrons. The molecule has 1 aliphatic carbocycles. The first-order chi connectivity index (χ1) is 15.9. The van der Waals surface area contributed by atoms with Gasteiger partial charge in [0.2, 0.25) is 0 Å². The highest BCUT2D eigenvalue weighted by atomic mass is 32.2. The molecule has 9 heteroatoms. The van der Waals surface area contributed by atoms with Crippen molar-refractivity contribution in [2.45, 2.75) is 62.1 Å². The molecule has 5 nitrogen and oxygen atoms in total. The van der Waals surface area contributed by atoms with E-state index in [2.05, 4.69) is 20.1 Å². The van der Waals surface area contributed by atoms with E-state index < -0.39 is 17.8 Å². The second-order valence-corrected chi connectivity index (χ2v) is 9.22. The fourth-order valence-corrected chi connectivity index (χ4v) is 5.14. The van der Waals surface area contributed by atoms with Crippen LogP contribution in [-0.2, 0) is 12.7 Å². The quantitative estimate of drug-likeness (QED) is 0.377. The third-order valence-corrected chi connectivity index (χ3v) is 6.89. The maximum absolute atomic E-state index is 13.0. The van der Waals surface area contributed by atoms with Crippen LogP contribution in [0.2, 0.25) is 0 Å². The van der Waals surface area contributed by atoms with Crippen molar-refractivity contribution >= 4 is 17.4 Å². The van der Waals surface area contributed by atoms with Crippen LogP contribution in [0.1, 0.15) is 61.2 Å². The molecule has 3 aromatic rings. The Morgan fingerprint density at radius 3 is 2.52 bits per heavy atom. The number of aliphatic hydroxyl groups excluding tert-OH is 1. The first kappa shape index (κ1) is 23.6. The molecule has 0 unspecified atom stereocenters. The van der Waals surface area contributed by atoms with Crippen molar-refractivity contribution in [2.24, 2.45) is 0 Å². The Bertz CT molecular complexity index is 1040. The van der Waals surface area contributed by atoms with E-state index >= 15 is 0 Å². The number of benzene rings is 2. The minimum absolute atomic E-state index is 0.253. The summed E-state index contributed by atoms with van der Waals surface area (Å²) in [5, 5.41) is 23.1. The molecule has 0 radical (unpaired) electrons. The summed E-state index contributed by atoms with van der Waals surface area (Å²) < 4.78 is 41.2. The van der Waals surface area contributed by atoms with Crippen LogP contribution < -0.4 is 5.32 Å². The zero-order valence-electron chi connectivity index (χ0n) is 18.1. The van der Waals surface area contributed by atoms with Gasteiger partial charge in [-0.25, -0.2) is 0 Å². The molecular weight excluding hydrogens is 449 g/mol. The smallest absolute Gasteiger partial charge is 0.388 e. The fourth-order valence-electron chi connectivity index (χ4n) is 4.14. The normalized spacial score (nSPS) is 16.0. The maximum atomic E-state index is 13.0. The lowest BCUT2D eigenvalue weighted by atomic mass is 9.95. The SMILES string of the molecule is O[C@@H](CSc1nnc(CNc2cccc(C(F)(F)F)c2)n1C1CCCCC1)c1ccccc1. The Balaban J connectivity index is 1.50. The molecule has 33 heavy (non-hydrogen) atoms. The Labute approximate surface area is 195 Å². The molecule has 1 aliphatic rings. The highest BCUT2D eigenvalue weighted by Gasteiger charge is 2.30. The van der Waals surface area contributed by atoms with Crippen molar-refractivity contribution in [3.05, 3.63) is 71.5 Å². The van der Waals surface area contributed by atoms with Gasteiger partial charge in [0.05, 0.1) is 18.2 Å². The van der Waals surface area contributed by atoms with E-state index in [0.29, 0.717) is 17.3 Å². The minimum atomic E-state index is -4.39. The van der Waals surface area contributed by atoms with Crippen LogP contribution >= 0.6 is 11.8 Å². The number of hydrogen-bond acceptors (Lipinski definition) is 5. The van der Waals surface area contributed by atoms with E-state index in [-0.39, 0.29) is 12.6 Å². The van der Waals surface area contributed by atoms with Crippen molar-refractivity contribution in [1.29, 1.82) is 0 Å². The number of hydrogen-bond donors (Lipinski definition) is 2. The number of halogens is 3. The van der Waals surface area contributed by atoms with E-state index in [1.807, 2.05) is 30.3 Å². The summed E-state index contributed by atoms with van der Waals surface area (Å²) in [4.78, 5) is 0. The van der Waals surface area contributed by atoms with E-state index in [0.717, 1.165) is 48.5 Å². The lowest BCUT2D eigenvalue weighted by Crippen LogP contribution is -2.18. The average Bonchev–Trinajstić information content (AvgIpc) is 3.25. The highest BCUT2D eigenvalue weighted by molar-refractivity contribution is 7.99. The van der Waals surface area contributed by atoms with Gasteiger partial charge in [-0.15, -0.1) is 10.2 Å². The molecule has 4 rings (SSSR count). The predicted octanol–water partition coefficient (Wildman–Crippen LogP) is 6.24. The van der Waals surface area contributed by atoms with Gasteiger partial charge < -0.3 is 15.0 Å². The van der Waals surface area contributed by atoms with E-state index in [4.69, 9.17) is 0 Å². The van der Waals surface area contributed by atoms with Crippen molar-refractivity contribution in [2.75, 3.05) is 11.1 Å². The number of aromatic nitrogens is 3. The summed E-state index contributed by atoms with van der Waals surface area (Å²) in [6.07, 6.45) is 0.473. The van der Waals surface area contributed by atoms with Crippen LogP contribution in [0.15, 0.2) is 59.8 Å². The van der Waals surface area contributed by atoms with Gasteiger partial charge in [0.25, 0.3) is 0 Å². The van der Waals surface area contributed by atoms with Gasteiger partial charge in [0.1, 0.15) is 0 Å². The molecule has 2 aromatic carbocycles. The maximum Gasteiger partial charge on any atom is 0.416 e. The van der Waals surface area contributed by atoms with E-state index in [1.165, 1.54) is 24.2 Å². The first-order valence-electron chi connectivity index (χ1n) is 11.1. The molecule has 1 saturated carbocycles. The van der Waals surface area contributed by atoms with Crippen molar-refractivity contribution < 1.29 is 18.3 Å². The topological polar surface area (TPSA) is 63.0 Å². The van der Waals surface area contributed by atoms with Gasteiger partial charge in [-0.3, -0.25) is 0 Å². The summed E-state index contributed by atoms with van der Waals surface area (Å²) in [5.74, 6) is 1.13. The molecule has 0 bridgehead atoms. The molecule has 2 N–H and O–H groups in total. The number of alkyl halides is 3. The van der Waals surface area contributed by atoms with Crippen LogP contribution in [0.25, 0.3) is 0 Å². The monoisotopic (exact) mass is 476 g/mol. The second kappa shape index (κ2) is 10.6. The van der Waals surface area contributed by atoms with Crippen LogP contribution in [0, 0.1) is 0 Å². The Hall–Kier alpha value is -2.52. The summed E-state index contributed by atoms with van der Waals surface area (Å²) in [6, 6.07) is 14.9. The number of thioether (sulfide) groups is 1. The molecular formula is C24H27F3N4OS. The van der Waals surface area contributed by atoms with Gasteiger partial charge in [0, 0.05) is 17.5 Å². The molecule has 1 aromatic heterocycles. The van der Waals surface area contributed by atoms with Gasteiger partial charge in [-0.2, -0.15) is 13.2 Å². The molecule has 1 fully saturated rings. The van der Waals surface area contributed by atoms with E-state index in [9.17, 15) is 18.3 Å². The number of nitrogens with one attached hydrogen (secondary N) is 1. The van der Waals surface area contributed by atoms with Crippen molar-refractivity contribution in [1.82, 2.24) is 14.8 Å². The molecule has 0 amide bonds. The fraction of sp³-hybridized carbons (Fsp3) is 0.417. The van der Waals surface area contributed by atoms with Gasteiger partial charge >= 0.3 is 6.18 Å². The molecule has 1 heterocycles. The Kier molecular flexibility index (Phi) is 7.60. The van der Waals surface area contributed by atoms with Crippen LogP contribution in [0.3, 0.4) is 0 Å². The van der Waals surface area contributed by atoms with Gasteiger partial charge in [-0.05, 0) is 36.6 Å². The highest BCUT2D eigenvalue weighted by Crippen LogP contribution is 2.34. The molecule has 1 atom stereocenters. The predicted molar refractivity (Wildman–Crippen MR) is 123 cm³/mol. The number of aliphatic hydroxyl groups is 1. The van der Waals surface area contributed by atoms with Crippen LogP contribution in [-0.4, -0.2) is 25.6 Å². The van der Waals surface area contributed by atoms with Crippen LogP contribution in [0.5, 0.6) is 0 Å². The van der Waals surface area contributed by atoms with E-state index in [1.54, 1.807) is 6.07 Å². The molecule has 0 saturated heterocycles. The molecule has 0 spiro atoms. The summed E-state index contributed by atoms with van der Waals surface area (Å²) in [5.41, 5.74) is 0.546. The van der Waals surface area contributed by atoms with Crippen molar-refractivity contribution in [3.63, 3.8) is 0 Å². The lowest BCUT2D eigenvalue weighted by Gasteiger charge is -2.26. The Morgan fingerprint density at radius 1 is 1.03 bits per heavy atom. The zero-order chi connectivity index (χ0) is 23.3. The zero-order valence-corrected chi connectivity index (χ0v) is 18.9. The Morgan fingerprint density at radius 2 is 1.79 bits per heavy atom. The number of anilines is 1. The summed E-state index contributed by atoms with van der Waals surface area (Å²) >= 11 is 1.45. The third kappa shape index (κ3) is 6.09. The first-order valence-corrected chi connectivity index (χ1v) is 12.1. The van der Waals surface area contributed by atoms with Crippen LogP contribution in [0.4, 0.5) is 18.9 Å². The molecule has 0 aliphatic heterocycles. The summed E-state index contributed by atoms with van der Waals surface area (Å²) in [7, 11) is 0. The average molecular weight is 477 g/mol. The third-order valence-electron chi connectivity index (χ3n) is 5.87. The van der Waals surface area contributed by atoms with Crippen molar-refractivity contribution in [3.8, 4) is 0 Å². The number of rotatable bonds is 8. The standard InChI is InChI=1S/C24H27F3N4OS/c25-24(26,27)18-10-7-11-19(14-18)28-15-22-29-30-23(31(22)20-12-5-2-6-13-20)33-16-21(32)17-8-3-1-4-9-17/h1,3-4,7-11,14,20-21,28,32H,2,5-6,12-13,15-16H2/t21-/m0/s1. The lowest BCUT2D eigenvalue weighted by molar-refractivity contribution is -0.137. The second-order valence-electron chi connectivity index (χ2n) is 8.23.